The molecule has 3 unspecified atom stereocenters. The summed E-state index contributed by atoms with van der Waals surface area (Å²) >= 11 is 0. The number of amides is 1. The molecule has 2 heterocycles. The lowest BCUT2D eigenvalue weighted by atomic mass is 9.97. The minimum absolute atomic E-state index is 0.0107. The zero-order chi connectivity index (χ0) is 31.7. The third kappa shape index (κ3) is 7.94. The molecule has 3 atom stereocenters. The molecule has 1 amide bonds. The summed E-state index contributed by atoms with van der Waals surface area (Å²) in [7, 11) is 2.12. The highest BCUT2D eigenvalue weighted by atomic mass is 16.7. The molecule has 7 nitrogen and oxygen atoms in total. The van der Waals surface area contributed by atoms with Crippen molar-refractivity contribution >= 4 is 5.91 Å². The van der Waals surface area contributed by atoms with Gasteiger partial charge in [-0.25, -0.2) is 0 Å². The summed E-state index contributed by atoms with van der Waals surface area (Å²) in [6, 6.07) is 38.3. The van der Waals surface area contributed by atoms with E-state index in [1.807, 2.05) is 48.5 Å². The molecule has 1 aliphatic rings. The van der Waals surface area contributed by atoms with Crippen LogP contribution >= 0.6 is 0 Å². The van der Waals surface area contributed by atoms with Crippen LogP contribution in [0.15, 0.2) is 128 Å². The summed E-state index contributed by atoms with van der Waals surface area (Å²) < 4.78 is 13.2. The molecule has 1 aliphatic heterocycles. The zero-order valence-corrected chi connectivity index (χ0v) is 26.0. The maximum Gasteiger partial charge on any atom is 0.253 e. The van der Waals surface area contributed by atoms with Crippen LogP contribution in [0.4, 0.5) is 0 Å². The van der Waals surface area contributed by atoms with E-state index < -0.39 is 6.29 Å². The monoisotopic (exact) mass is 613 g/mol. The number of likely N-dealkylation sites (N-methyl/N-ethyl adjacent to an activating group) is 1. The van der Waals surface area contributed by atoms with Gasteiger partial charge in [0.2, 0.25) is 0 Å². The molecule has 5 aromatic rings. The Bertz CT molecular complexity index is 1700. The molecular weight excluding hydrogens is 574 g/mol. The summed E-state index contributed by atoms with van der Waals surface area (Å²) in [6.07, 6.45) is 3.22. The van der Waals surface area contributed by atoms with Gasteiger partial charge in [0.05, 0.1) is 24.4 Å². The van der Waals surface area contributed by atoms with E-state index in [1.54, 1.807) is 24.5 Å². The second-order valence-electron chi connectivity index (χ2n) is 11.7. The van der Waals surface area contributed by atoms with Crippen molar-refractivity contribution < 1.29 is 19.4 Å². The molecule has 0 bridgehead atoms. The number of hydrogen-bond acceptors (Lipinski definition) is 6. The van der Waals surface area contributed by atoms with Crippen LogP contribution in [-0.4, -0.2) is 40.6 Å². The van der Waals surface area contributed by atoms with Crippen molar-refractivity contribution in [2.45, 2.75) is 44.6 Å². The van der Waals surface area contributed by atoms with Gasteiger partial charge in [-0.05, 0) is 52.6 Å². The standard InChI is InChI=1S/C39H39N3O4/c1-42(25-28-8-3-2-4-9-28)26-35-22-37(31-15-13-29(27-43)14-16-31)46-39(45-35)32-19-17-30(18-20-32)36-12-6-5-10-33(36)24-41-38(44)34-11-7-21-40-23-34/h2-21,23,35,37,39,43H,22,24-27H2,1H3,(H,41,44). The number of aliphatic hydroxyl groups excluding tert-OH is 1. The number of carbonyl (C=O) groups excluding carboxylic acids is 1. The van der Waals surface area contributed by atoms with Crippen LogP contribution in [0.3, 0.4) is 0 Å². The Morgan fingerprint density at radius 2 is 1.59 bits per heavy atom. The average molecular weight is 614 g/mol. The number of aliphatic hydroxyl groups is 1. The van der Waals surface area contributed by atoms with Gasteiger partial charge in [0.1, 0.15) is 0 Å². The first-order valence-electron chi connectivity index (χ1n) is 15.7. The molecule has 6 rings (SSSR count). The Kier molecular flexibility index (Phi) is 10.3. The lowest BCUT2D eigenvalue weighted by Gasteiger charge is -2.38. The third-order valence-corrected chi connectivity index (χ3v) is 8.30. The predicted octanol–water partition coefficient (Wildman–Crippen LogP) is 6.85. The first-order valence-corrected chi connectivity index (χ1v) is 15.7. The van der Waals surface area contributed by atoms with Gasteiger partial charge in [0.25, 0.3) is 5.91 Å². The normalized spacial score (nSPS) is 17.9. The topological polar surface area (TPSA) is 83.9 Å². The minimum atomic E-state index is -0.533. The van der Waals surface area contributed by atoms with E-state index >= 15 is 0 Å². The number of rotatable bonds is 11. The smallest absolute Gasteiger partial charge is 0.253 e. The second-order valence-corrected chi connectivity index (χ2v) is 11.7. The van der Waals surface area contributed by atoms with Crippen LogP contribution in [0.2, 0.25) is 0 Å². The third-order valence-electron chi connectivity index (χ3n) is 8.30. The number of pyridine rings is 1. The van der Waals surface area contributed by atoms with Gasteiger partial charge in [-0.3, -0.25) is 14.7 Å². The van der Waals surface area contributed by atoms with Crippen molar-refractivity contribution in [1.29, 1.82) is 0 Å². The summed E-state index contributed by atoms with van der Waals surface area (Å²) in [5.74, 6) is -0.158. The van der Waals surface area contributed by atoms with Gasteiger partial charge in [-0.2, -0.15) is 0 Å². The fourth-order valence-electron chi connectivity index (χ4n) is 5.89. The van der Waals surface area contributed by atoms with Gasteiger partial charge in [-0.15, -0.1) is 0 Å². The predicted molar refractivity (Wildman–Crippen MR) is 178 cm³/mol. The number of ether oxygens (including phenoxy) is 2. The van der Waals surface area contributed by atoms with Gasteiger partial charge < -0.3 is 19.9 Å². The van der Waals surface area contributed by atoms with E-state index in [0.717, 1.165) is 52.9 Å². The molecule has 2 N–H and O–H groups in total. The van der Waals surface area contributed by atoms with E-state index in [-0.39, 0.29) is 24.7 Å². The largest absolute Gasteiger partial charge is 0.392 e. The maximum absolute atomic E-state index is 12.6. The number of carbonyl (C=O) groups is 1. The molecule has 1 saturated heterocycles. The summed E-state index contributed by atoms with van der Waals surface area (Å²) in [6.45, 7) is 2.00. The number of nitrogens with one attached hydrogen (secondary N) is 1. The molecule has 234 valence electrons. The number of nitrogens with zero attached hydrogens (tertiary/aromatic N) is 2. The molecule has 7 heteroatoms. The van der Waals surface area contributed by atoms with Crippen molar-refractivity contribution in [2.24, 2.45) is 0 Å². The van der Waals surface area contributed by atoms with Gasteiger partial charge >= 0.3 is 0 Å². The van der Waals surface area contributed by atoms with Crippen LogP contribution in [0.25, 0.3) is 11.1 Å². The molecule has 1 aromatic heterocycles. The molecule has 0 spiro atoms. The Balaban J connectivity index is 1.18. The fraction of sp³-hybridized carbons (Fsp3) is 0.231. The lowest BCUT2D eigenvalue weighted by molar-refractivity contribution is -0.252. The number of hydrogen-bond donors (Lipinski definition) is 2. The SMILES string of the molecule is CN(Cc1ccccc1)CC1CC(c2ccc(CO)cc2)OC(c2ccc(-c3ccccc3CNC(=O)c3cccnc3)cc2)O1. The van der Waals surface area contributed by atoms with E-state index in [1.165, 1.54) is 5.56 Å². The molecule has 0 aliphatic carbocycles. The van der Waals surface area contributed by atoms with Crippen molar-refractivity contribution in [2.75, 3.05) is 13.6 Å². The Morgan fingerprint density at radius 1 is 0.848 bits per heavy atom. The molecule has 4 aromatic carbocycles. The van der Waals surface area contributed by atoms with Gasteiger partial charge in [0.15, 0.2) is 6.29 Å². The van der Waals surface area contributed by atoms with E-state index in [9.17, 15) is 9.90 Å². The van der Waals surface area contributed by atoms with Crippen LogP contribution in [-0.2, 0) is 29.2 Å². The van der Waals surface area contributed by atoms with Crippen molar-refractivity contribution in [1.82, 2.24) is 15.2 Å². The first-order chi connectivity index (χ1) is 22.6. The number of aromatic nitrogens is 1. The minimum Gasteiger partial charge on any atom is -0.392 e. The molecule has 0 radical (unpaired) electrons. The van der Waals surface area contributed by atoms with Crippen molar-refractivity contribution in [3.8, 4) is 11.1 Å². The van der Waals surface area contributed by atoms with Crippen LogP contribution in [0.5, 0.6) is 0 Å². The fourth-order valence-corrected chi connectivity index (χ4v) is 5.89. The van der Waals surface area contributed by atoms with Crippen molar-refractivity contribution in [3.05, 3.63) is 161 Å². The first kappa shape index (κ1) is 31.3. The molecule has 1 fully saturated rings. The van der Waals surface area contributed by atoms with E-state index in [4.69, 9.17) is 9.47 Å². The Hall–Kier alpha value is -4.66. The zero-order valence-electron chi connectivity index (χ0n) is 26.0. The van der Waals surface area contributed by atoms with Gasteiger partial charge in [0, 0.05) is 44.0 Å². The lowest BCUT2D eigenvalue weighted by Crippen LogP contribution is -2.37. The van der Waals surface area contributed by atoms with Crippen LogP contribution in [0.1, 0.15) is 57.0 Å². The van der Waals surface area contributed by atoms with E-state index in [2.05, 4.69) is 76.8 Å². The van der Waals surface area contributed by atoms with Crippen LogP contribution in [0, 0.1) is 0 Å². The highest BCUT2D eigenvalue weighted by Gasteiger charge is 2.32. The Morgan fingerprint density at radius 3 is 2.33 bits per heavy atom. The molecule has 46 heavy (non-hydrogen) atoms. The highest BCUT2D eigenvalue weighted by molar-refractivity contribution is 5.93. The van der Waals surface area contributed by atoms with Gasteiger partial charge in [-0.1, -0.05) is 103 Å². The second kappa shape index (κ2) is 15.1. The summed E-state index contributed by atoms with van der Waals surface area (Å²) in [4.78, 5) is 19.0. The van der Waals surface area contributed by atoms with Crippen molar-refractivity contribution in [3.63, 3.8) is 0 Å². The maximum atomic E-state index is 12.6. The summed E-state index contributed by atoms with van der Waals surface area (Å²) in [5, 5.41) is 12.6. The van der Waals surface area contributed by atoms with E-state index in [0.29, 0.717) is 12.1 Å². The highest BCUT2D eigenvalue weighted by Crippen LogP contribution is 2.39. The summed E-state index contributed by atoms with van der Waals surface area (Å²) in [5.41, 5.74) is 7.79. The quantitative estimate of drug-likeness (QED) is 0.170. The number of benzene rings is 4. The molecule has 0 saturated carbocycles. The van der Waals surface area contributed by atoms with Crippen LogP contribution < -0.4 is 5.32 Å². The average Bonchev–Trinajstić information content (AvgIpc) is 3.11. The Labute approximate surface area is 270 Å². The molecular formula is C39H39N3O4.